The third-order valence-corrected chi connectivity index (χ3v) is 6.73. The average Bonchev–Trinajstić information content (AvgIpc) is 2.56. The molecular formula is C15H18B3FN2O4S2. The Hall–Kier alpha value is -1.94. The van der Waals surface area contributed by atoms with E-state index in [2.05, 4.69) is 10.3 Å². The van der Waals surface area contributed by atoms with E-state index >= 15 is 0 Å². The van der Waals surface area contributed by atoms with Gasteiger partial charge in [0, 0.05) is 11.1 Å². The van der Waals surface area contributed by atoms with Crippen molar-refractivity contribution in [1.82, 2.24) is 4.98 Å². The molecule has 0 spiro atoms. The molecule has 1 heterocycles. The monoisotopic (exact) mass is 406 g/mol. The number of phenolic OH excluding ortho intramolecular Hbond substituents is 1. The number of alkyl halides is 1. The number of carbonyl (C=O) groups excluding carboxylic acids is 1. The molecule has 1 amide bonds. The Morgan fingerprint density at radius 2 is 2.04 bits per heavy atom. The van der Waals surface area contributed by atoms with E-state index in [-0.39, 0.29) is 22.0 Å². The van der Waals surface area contributed by atoms with Crippen LogP contribution >= 0.6 is 11.8 Å². The minimum absolute atomic E-state index is 0.139. The van der Waals surface area contributed by atoms with Crippen molar-refractivity contribution in [3.05, 3.63) is 36.2 Å². The zero-order chi connectivity index (χ0) is 20.4. The Morgan fingerprint density at radius 3 is 2.63 bits per heavy atom. The highest BCUT2D eigenvalue weighted by Gasteiger charge is 2.35. The average molecular weight is 406 g/mol. The molecule has 0 unspecified atom stereocenters. The van der Waals surface area contributed by atoms with E-state index in [0.717, 1.165) is 45.1 Å². The summed E-state index contributed by atoms with van der Waals surface area (Å²) >= 11 is 1.44. The molecule has 0 radical (unpaired) electrons. The summed E-state index contributed by atoms with van der Waals surface area (Å²) in [5.41, 5.74) is 0.912. The number of amides is 1. The number of thioether (sulfide) groups is 1. The lowest BCUT2D eigenvalue weighted by Crippen LogP contribution is -2.34. The number of hydrogen-bond donors (Lipinski definition) is 2. The number of anilines is 1. The number of rotatable bonds is 6. The first-order chi connectivity index (χ1) is 12.5. The largest absolute Gasteiger partial charge is 0.506 e. The van der Waals surface area contributed by atoms with Gasteiger partial charge in [-0.25, -0.2) is 12.8 Å². The van der Waals surface area contributed by atoms with E-state index in [1.807, 2.05) is 20.8 Å². The van der Waals surface area contributed by atoms with Crippen molar-refractivity contribution in [3.8, 4) is 5.75 Å². The first-order valence-corrected chi connectivity index (χ1v) is 10.6. The fourth-order valence-corrected chi connectivity index (χ4v) is 4.17. The van der Waals surface area contributed by atoms with E-state index < -0.39 is 20.5 Å². The molecule has 0 fully saturated rings. The standard InChI is InChI=1S/C15H18B3FN2O4S2/c1-2-26-12-5-8(16)7-20-13(12)14(23)21-10-6-9(3-4-11(10)22)27(24,25)15(17,18)19/h3-7,22H,2,16-18H2,1H3,(H,21,23). The summed E-state index contributed by atoms with van der Waals surface area (Å²) in [6.07, 6.45) is 1.54. The van der Waals surface area contributed by atoms with Gasteiger partial charge < -0.3 is 10.4 Å². The van der Waals surface area contributed by atoms with Crippen molar-refractivity contribution in [2.24, 2.45) is 0 Å². The van der Waals surface area contributed by atoms with Crippen molar-refractivity contribution >= 4 is 62.2 Å². The summed E-state index contributed by atoms with van der Waals surface area (Å²) in [5, 5.41) is 12.4. The van der Waals surface area contributed by atoms with Gasteiger partial charge in [0.1, 0.15) is 24.1 Å². The normalized spacial score (nSPS) is 11.9. The highest BCUT2D eigenvalue weighted by molar-refractivity contribution is 7.99. The zero-order valence-corrected chi connectivity index (χ0v) is 17.0. The van der Waals surface area contributed by atoms with Crippen molar-refractivity contribution in [2.45, 2.75) is 21.5 Å². The van der Waals surface area contributed by atoms with Gasteiger partial charge in [0.05, 0.1) is 10.6 Å². The maximum atomic E-state index is 14.0. The van der Waals surface area contributed by atoms with E-state index in [0.29, 0.717) is 4.90 Å². The number of sulfone groups is 1. The van der Waals surface area contributed by atoms with Gasteiger partial charge in [-0.15, -0.1) is 11.8 Å². The minimum atomic E-state index is -4.29. The van der Waals surface area contributed by atoms with Crippen molar-refractivity contribution in [1.29, 1.82) is 0 Å². The van der Waals surface area contributed by atoms with Crippen molar-refractivity contribution in [2.75, 3.05) is 11.1 Å². The number of pyridine rings is 1. The fourth-order valence-electron chi connectivity index (χ4n) is 2.22. The predicted octanol–water partition coefficient (Wildman–Crippen LogP) is -0.969. The Labute approximate surface area is 164 Å². The number of phenols is 1. The molecule has 1 aromatic carbocycles. The third-order valence-electron chi connectivity index (χ3n) is 3.67. The van der Waals surface area contributed by atoms with Gasteiger partial charge in [0.15, 0.2) is 25.5 Å². The zero-order valence-electron chi connectivity index (χ0n) is 15.4. The van der Waals surface area contributed by atoms with Crippen LogP contribution in [0.25, 0.3) is 0 Å². The summed E-state index contributed by atoms with van der Waals surface area (Å²) in [6.45, 7) is 1.94. The molecule has 2 aromatic rings. The molecule has 0 bridgehead atoms. The number of benzene rings is 1. The van der Waals surface area contributed by atoms with Gasteiger partial charge in [-0.1, -0.05) is 18.5 Å². The number of halogens is 1. The van der Waals surface area contributed by atoms with Gasteiger partial charge in [-0.05, 0) is 24.0 Å². The van der Waals surface area contributed by atoms with Crippen LogP contribution in [0.3, 0.4) is 0 Å². The second-order valence-corrected chi connectivity index (χ2v) is 10.0. The van der Waals surface area contributed by atoms with E-state index in [1.54, 1.807) is 6.20 Å². The van der Waals surface area contributed by atoms with E-state index in [1.165, 1.54) is 11.8 Å². The molecule has 140 valence electrons. The maximum absolute atomic E-state index is 14.0. The third kappa shape index (κ3) is 4.67. The summed E-state index contributed by atoms with van der Waals surface area (Å²) in [4.78, 5) is 14.6. The first-order valence-electron chi connectivity index (χ1n) is 8.14. The summed E-state index contributed by atoms with van der Waals surface area (Å²) in [7, 11) is -0.576. The van der Waals surface area contributed by atoms with Crippen molar-refractivity contribution in [3.63, 3.8) is 0 Å². The van der Waals surface area contributed by atoms with Crippen LogP contribution in [0.2, 0.25) is 0 Å². The first kappa shape index (κ1) is 21.4. The number of nitrogens with zero attached hydrogens (tertiary/aromatic N) is 1. The van der Waals surface area contributed by atoms with E-state index in [9.17, 15) is 22.7 Å². The van der Waals surface area contributed by atoms with Crippen LogP contribution in [0.1, 0.15) is 17.4 Å². The summed E-state index contributed by atoms with van der Waals surface area (Å²) in [5.74, 6) is -0.207. The SMILES string of the molecule is Bc1cnc(C(=O)Nc2cc(S(=O)(=O)C(B)(B)F)ccc2O)c(SCC)c1. The topological polar surface area (TPSA) is 96.4 Å². The maximum Gasteiger partial charge on any atom is 0.275 e. The lowest BCUT2D eigenvalue weighted by Gasteiger charge is -2.17. The lowest BCUT2D eigenvalue weighted by atomic mass is 9.83. The molecule has 0 aliphatic heterocycles. The second-order valence-electron chi connectivity index (χ2n) is 6.29. The number of hydrogen-bond acceptors (Lipinski definition) is 6. The molecule has 6 nitrogen and oxygen atoms in total. The number of aromatic nitrogens is 1. The Balaban J connectivity index is 2.41. The van der Waals surface area contributed by atoms with Crippen LogP contribution in [0, 0.1) is 0 Å². The van der Waals surface area contributed by atoms with Gasteiger partial charge >= 0.3 is 0 Å². The minimum Gasteiger partial charge on any atom is -0.506 e. The van der Waals surface area contributed by atoms with Gasteiger partial charge in [-0.2, -0.15) is 0 Å². The van der Waals surface area contributed by atoms with Gasteiger partial charge in [0.2, 0.25) is 0 Å². The van der Waals surface area contributed by atoms with Crippen LogP contribution in [-0.2, 0) is 9.84 Å². The summed E-state index contributed by atoms with van der Waals surface area (Å²) < 4.78 is 38.6. The molecule has 2 N–H and O–H groups in total. The quantitative estimate of drug-likeness (QED) is 0.365. The highest BCUT2D eigenvalue weighted by atomic mass is 32.2. The molecule has 2 rings (SSSR count). The second kappa shape index (κ2) is 7.98. The Bertz CT molecular complexity index is 982. The predicted molar refractivity (Wildman–Crippen MR) is 113 cm³/mol. The summed E-state index contributed by atoms with van der Waals surface area (Å²) in [6, 6.07) is 5.04. The van der Waals surface area contributed by atoms with Crippen LogP contribution < -0.4 is 10.8 Å². The molecular weight excluding hydrogens is 388 g/mol. The van der Waals surface area contributed by atoms with Crippen LogP contribution in [-0.4, -0.2) is 58.5 Å². The van der Waals surface area contributed by atoms with Crippen LogP contribution in [0.15, 0.2) is 40.3 Å². The lowest BCUT2D eigenvalue weighted by molar-refractivity contribution is 0.101. The molecule has 0 saturated heterocycles. The van der Waals surface area contributed by atoms with Crippen LogP contribution in [0.5, 0.6) is 5.75 Å². The molecule has 1 aromatic heterocycles. The number of nitrogens with one attached hydrogen (secondary N) is 1. The van der Waals surface area contributed by atoms with E-state index in [4.69, 9.17) is 0 Å². The Kier molecular flexibility index (Phi) is 6.31. The molecule has 0 aliphatic carbocycles. The Morgan fingerprint density at radius 1 is 1.37 bits per heavy atom. The molecule has 27 heavy (non-hydrogen) atoms. The van der Waals surface area contributed by atoms with Crippen LogP contribution in [0.4, 0.5) is 10.1 Å². The molecule has 12 heteroatoms. The van der Waals surface area contributed by atoms with Gasteiger partial charge in [0.25, 0.3) is 5.91 Å². The molecule has 0 atom stereocenters. The van der Waals surface area contributed by atoms with Crippen molar-refractivity contribution < 1.29 is 22.7 Å². The smallest absolute Gasteiger partial charge is 0.275 e. The molecule has 0 aliphatic rings. The number of carbonyl (C=O) groups is 1. The molecule has 0 saturated carbocycles. The number of aromatic hydroxyl groups is 1. The fraction of sp³-hybridized carbons (Fsp3) is 0.200. The highest BCUT2D eigenvalue weighted by Crippen LogP contribution is 2.31. The van der Waals surface area contributed by atoms with Gasteiger partial charge in [-0.3, -0.25) is 9.78 Å².